The first-order valence-corrected chi connectivity index (χ1v) is 12.4. The molecule has 1 fully saturated rings. The number of Topliss-reactive ketones (excluding diaryl/α,β-unsaturated/α-hetero) is 1. The van der Waals surface area contributed by atoms with Gasteiger partial charge in [0.25, 0.3) is 0 Å². The van der Waals surface area contributed by atoms with Crippen LogP contribution >= 0.6 is 11.8 Å². The quantitative estimate of drug-likeness (QED) is 0.474. The van der Waals surface area contributed by atoms with E-state index >= 15 is 0 Å². The highest BCUT2D eigenvalue weighted by Crippen LogP contribution is 2.30. The molecule has 1 aromatic carbocycles. The van der Waals surface area contributed by atoms with Crippen molar-refractivity contribution in [1.82, 2.24) is 20.2 Å². The molecule has 0 amide bonds. The van der Waals surface area contributed by atoms with E-state index in [1.54, 1.807) is 16.8 Å². The second-order valence-electron chi connectivity index (χ2n) is 7.27. The Balaban J connectivity index is 1.43. The number of carbonyl (C=O) groups excluding carboxylic acids is 1. The molecule has 1 atom stereocenters. The molecule has 1 saturated heterocycles. The van der Waals surface area contributed by atoms with Gasteiger partial charge in [-0.05, 0) is 59.9 Å². The molecule has 4 rings (SSSR count). The Morgan fingerprint density at radius 3 is 2.97 bits per heavy atom. The monoisotopic (exact) mass is 437 g/mol. The second-order valence-corrected chi connectivity index (χ2v) is 10.1. The van der Waals surface area contributed by atoms with Gasteiger partial charge in [0.1, 0.15) is 0 Å². The van der Waals surface area contributed by atoms with Gasteiger partial charge in [0.15, 0.2) is 5.78 Å². The van der Waals surface area contributed by atoms with E-state index in [0.29, 0.717) is 29.5 Å². The minimum Gasteiger partial charge on any atom is -0.376 e. The Morgan fingerprint density at radius 2 is 2.21 bits per heavy atom. The van der Waals surface area contributed by atoms with E-state index in [-0.39, 0.29) is 17.6 Å². The van der Waals surface area contributed by atoms with Crippen LogP contribution in [0.3, 0.4) is 0 Å². The maximum atomic E-state index is 12.7. The number of thioether (sulfide) groups is 1. The number of aryl methyl sites for hydroxylation is 1. The number of ketones is 1. The van der Waals surface area contributed by atoms with Crippen molar-refractivity contribution in [2.45, 2.75) is 43.5 Å². The zero-order valence-electron chi connectivity index (χ0n) is 16.2. The summed E-state index contributed by atoms with van der Waals surface area (Å²) in [5, 5.41) is 12.3. The van der Waals surface area contributed by atoms with Gasteiger partial charge in [-0.1, -0.05) is 11.8 Å². The third kappa shape index (κ3) is 4.62. The van der Waals surface area contributed by atoms with Crippen LogP contribution in [0.2, 0.25) is 0 Å². The van der Waals surface area contributed by atoms with Crippen molar-refractivity contribution in [1.29, 1.82) is 0 Å². The molecule has 1 aromatic heterocycles. The van der Waals surface area contributed by atoms with E-state index in [4.69, 9.17) is 4.74 Å². The highest BCUT2D eigenvalue weighted by Gasteiger charge is 2.25. The third-order valence-electron chi connectivity index (χ3n) is 5.11. The number of rotatable bonds is 7. The third-order valence-corrected chi connectivity index (χ3v) is 7.25. The van der Waals surface area contributed by atoms with Crippen molar-refractivity contribution in [3.63, 3.8) is 0 Å². The van der Waals surface area contributed by atoms with Gasteiger partial charge in [0, 0.05) is 18.7 Å². The second kappa shape index (κ2) is 8.41. The van der Waals surface area contributed by atoms with Gasteiger partial charge in [-0.3, -0.25) is 9.10 Å². The Hall–Kier alpha value is -1.98. The first-order chi connectivity index (χ1) is 13.9. The van der Waals surface area contributed by atoms with E-state index in [2.05, 4.69) is 15.5 Å². The lowest BCUT2D eigenvalue weighted by Gasteiger charge is -2.29. The van der Waals surface area contributed by atoms with Crippen LogP contribution in [0, 0.1) is 0 Å². The Morgan fingerprint density at radius 1 is 1.34 bits per heavy atom. The molecule has 11 heteroatoms. The average Bonchev–Trinajstić information content (AvgIpc) is 3.37. The van der Waals surface area contributed by atoms with Gasteiger partial charge in [0.2, 0.25) is 15.2 Å². The molecule has 2 aliphatic heterocycles. The van der Waals surface area contributed by atoms with Crippen molar-refractivity contribution in [2.75, 3.05) is 29.5 Å². The molecule has 0 aliphatic carbocycles. The summed E-state index contributed by atoms with van der Waals surface area (Å²) in [7, 11) is -3.32. The van der Waals surface area contributed by atoms with Crippen LogP contribution in [0.5, 0.6) is 0 Å². The normalized spacial score (nSPS) is 19.3. The molecule has 0 saturated carbocycles. The predicted molar refractivity (Wildman–Crippen MR) is 109 cm³/mol. The molecule has 0 N–H and O–H groups in total. The summed E-state index contributed by atoms with van der Waals surface area (Å²) in [6, 6.07) is 5.24. The number of sulfonamides is 1. The Labute approximate surface area is 173 Å². The van der Waals surface area contributed by atoms with Crippen molar-refractivity contribution in [2.24, 2.45) is 0 Å². The van der Waals surface area contributed by atoms with Gasteiger partial charge < -0.3 is 4.74 Å². The maximum absolute atomic E-state index is 12.7. The largest absolute Gasteiger partial charge is 0.376 e. The van der Waals surface area contributed by atoms with Crippen LogP contribution < -0.4 is 4.31 Å². The molecular formula is C18H23N5O4S2. The number of anilines is 1. The number of fused-ring (bicyclic) bond motifs is 1. The zero-order valence-corrected chi connectivity index (χ0v) is 17.8. The van der Waals surface area contributed by atoms with Crippen LogP contribution in [-0.4, -0.2) is 65.7 Å². The van der Waals surface area contributed by atoms with Gasteiger partial charge in [-0.15, -0.1) is 5.10 Å². The number of hydrogen-bond donors (Lipinski definition) is 0. The minimum atomic E-state index is -3.32. The number of aromatic nitrogens is 4. The van der Waals surface area contributed by atoms with Crippen LogP contribution in [0.25, 0.3) is 0 Å². The van der Waals surface area contributed by atoms with Crippen molar-refractivity contribution < 1.29 is 17.9 Å². The van der Waals surface area contributed by atoms with E-state index < -0.39 is 10.0 Å². The molecule has 29 heavy (non-hydrogen) atoms. The average molecular weight is 438 g/mol. The molecule has 9 nitrogen and oxygen atoms in total. The van der Waals surface area contributed by atoms with Crippen molar-refractivity contribution >= 4 is 33.3 Å². The van der Waals surface area contributed by atoms with E-state index in [1.165, 1.54) is 22.3 Å². The van der Waals surface area contributed by atoms with E-state index in [1.807, 2.05) is 6.07 Å². The number of ether oxygens (including phenoxy) is 1. The molecule has 2 aromatic rings. The number of benzene rings is 1. The minimum absolute atomic E-state index is 0.0408. The van der Waals surface area contributed by atoms with Gasteiger partial charge in [0.05, 0.1) is 30.3 Å². The number of nitrogens with zero attached hydrogens (tertiary/aromatic N) is 5. The van der Waals surface area contributed by atoms with Crippen LogP contribution in [0.15, 0.2) is 23.4 Å². The maximum Gasteiger partial charge on any atom is 0.232 e. The number of tetrazole rings is 1. The summed E-state index contributed by atoms with van der Waals surface area (Å²) in [6.07, 6.45) is 4.86. The lowest BCUT2D eigenvalue weighted by atomic mass is 9.99. The summed E-state index contributed by atoms with van der Waals surface area (Å²) >= 11 is 1.30. The van der Waals surface area contributed by atoms with Gasteiger partial charge in [-0.2, -0.15) is 0 Å². The first kappa shape index (κ1) is 20.3. The van der Waals surface area contributed by atoms with Gasteiger partial charge >= 0.3 is 0 Å². The Kier molecular flexibility index (Phi) is 5.88. The summed E-state index contributed by atoms with van der Waals surface area (Å²) in [5.41, 5.74) is 2.13. The smallest absolute Gasteiger partial charge is 0.232 e. The van der Waals surface area contributed by atoms with Crippen LogP contribution in [0.1, 0.15) is 35.2 Å². The first-order valence-electron chi connectivity index (χ1n) is 9.56. The summed E-state index contributed by atoms with van der Waals surface area (Å²) < 4.78 is 32.7. The SMILES string of the molecule is CS(=O)(=O)N1CCCc2cc(C(=O)CSc3nnnn3CC3CCCO3)ccc21. The number of carbonyl (C=O) groups is 1. The fourth-order valence-electron chi connectivity index (χ4n) is 3.69. The molecular weight excluding hydrogens is 414 g/mol. The van der Waals surface area contributed by atoms with Crippen molar-refractivity contribution in [3.8, 4) is 0 Å². The fourth-order valence-corrected chi connectivity index (χ4v) is 5.47. The highest BCUT2D eigenvalue weighted by molar-refractivity contribution is 7.99. The number of hydrogen-bond acceptors (Lipinski definition) is 8. The standard InChI is InChI=1S/C18H23N5O4S2/c1-29(25,26)23-8-2-4-13-10-14(6-7-16(13)23)17(24)12-28-18-19-20-21-22(18)11-15-5-3-9-27-15/h6-7,10,15H,2-5,8-9,11-12H2,1H3. The van der Waals surface area contributed by atoms with Gasteiger partial charge in [-0.25, -0.2) is 13.1 Å². The molecule has 3 heterocycles. The summed E-state index contributed by atoms with van der Waals surface area (Å²) in [6.45, 7) is 1.83. The van der Waals surface area contributed by atoms with E-state index in [0.717, 1.165) is 37.9 Å². The lowest BCUT2D eigenvalue weighted by molar-refractivity contribution is 0.0912. The molecule has 0 radical (unpaired) electrons. The molecule has 156 valence electrons. The zero-order chi connectivity index (χ0) is 20.4. The van der Waals surface area contributed by atoms with Crippen molar-refractivity contribution in [3.05, 3.63) is 29.3 Å². The summed E-state index contributed by atoms with van der Waals surface area (Å²) in [5.74, 6) is 0.168. The fraction of sp³-hybridized carbons (Fsp3) is 0.556. The lowest BCUT2D eigenvalue weighted by Crippen LogP contribution is -2.34. The predicted octanol–water partition coefficient (Wildman–Crippen LogP) is 1.54. The molecule has 0 bridgehead atoms. The molecule has 2 aliphatic rings. The molecule has 0 spiro atoms. The summed E-state index contributed by atoms with van der Waals surface area (Å²) in [4.78, 5) is 12.7. The highest BCUT2D eigenvalue weighted by atomic mass is 32.2. The van der Waals surface area contributed by atoms with Crippen LogP contribution in [-0.2, 0) is 27.7 Å². The topological polar surface area (TPSA) is 107 Å². The Bertz CT molecular complexity index is 1000. The molecule has 1 unspecified atom stereocenters. The van der Waals surface area contributed by atoms with Crippen LogP contribution in [0.4, 0.5) is 5.69 Å². The van der Waals surface area contributed by atoms with E-state index in [9.17, 15) is 13.2 Å².